The van der Waals surface area contributed by atoms with Crippen LogP contribution in [0.4, 0.5) is 5.69 Å². The van der Waals surface area contributed by atoms with Crippen molar-refractivity contribution in [3.8, 4) is 0 Å². The topological polar surface area (TPSA) is 42.0 Å². The molecule has 3 nitrogen and oxygen atoms in total. The van der Waals surface area contributed by atoms with Gasteiger partial charge in [0.05, 0.1) is 6.54 Å². The van der Waals surface area contributed by atoms with Gasteiger partial charge in [-0.25, -0.2) is 4.98 Å². The van der Waals surface area contributed by atoms with E-state index < -0.39 is 0 Å². The first kappa shape index (κ1) is 16.7. The predicted molar refractivity (Wildman–Crippen MR) is 100 cm³/mol. The maximum atomic E-state index is 12.9. The van der Waals surface area contributed by atoms with Crippen molar-refractivity contribution in [3.63, 3.8) is 0 Å². The number of anilines is 1. The van der Waals surface area contributed by atoms with E-state index in [4.69, 9.17) is 11.6 Å². The zero-order chi connectivity index (χ0) is 17.1. The van der Waals surface area contributed by atoms with E-state index in [2.05, 4.69) is 16.4 Å². The summed E-state index contributed by atoms with van der Waals surface area (Å²) in [6.07, 6.45) is 1.74. The van der Waals surface area contributed by atoms with Crippen LogP contribution in [0.25, 0.3) is 0 Å². The number of aryl methyl sites for hydroxylation is 2. The van der Waals surface area contributed by atoms with Gasteiger partial charge in [-0.2, -0.15) is 0 Å². The lowest BCUT2D eigenvalue weighted by Gasteiger charge is -2.11. The van der Waals surface area contributed by atoms with Crippen LogP contribution in [0.2, 0.25) is 4.47 Å². The van der Waals surface area contributed by atoms with Crippen LogP contribution in [-0.4, -0.2) is 10.8 Å². The molecule has 0 saturated carbocycles. The fourth-order valence-corrected chi connectivity index (χ4v) is 3.56. The maximum absolute atomic E-state index is 12.9. The summed E-state index contributed by atoms with van der Waals surface area (Å²) in [5.41, 5.74) is 4.36. The molecule has 0 aliphatic heterocycles. The third-order valence-corrected chi connectivity index (χ3v) is 4.75. The van der Waals surface area contributed by atoms with E-state index in [-0.39, 0.29) is 5.78 Å². The number of hydrogen-bond acceptors (Lipinski definition) is 4. The largest absolute Gasteiger partial charge is 0.379 e. The van der Waals surface area contributed by atoms with E-state index in [0.29, 0.717) is 22.1 Å². The lowest BCUT2D eigenvalue weighted by atomic mass is 9.98. The normalized spacial score (nSPS) is 10.6. The number of aromatic nitrogens is 1. The van der Waals surface area contributed by atoms with E-state index in [1.54, 1.807) is 6.20 Å². The summed E-state index contributed by atoms with van der Waals surface area (Å²) in [6.45, 7) is 4.59. The van der Waals surface area contributed by atoms with E-state index in [1.807, 2.05) is 50.2 Å². The molecule has 1 N–H and O–H groups in total. The minimum absolute atomic E-state index is 0.0206. The highest BCUT2D eigenvalue weighted by Gasteiger charge is 2.14. The van der Waals surface area contributed by atoms with Gasteiger partial charge < -0.3 is 5.32 Å². The number of thiazole rings is 1. The van der Waals surface area contributed by atoms with Crippen LogP contribution >= 0.6 is 22.9 Å². The van der Waals surface area contributed by atoms with Gasteiger partial charge in [0, 0.05) is 27.9 Å². The second-order valence-corrected chi connectivity index (χ2v) is 7.38. The number of nitrogens with one attached hydrogen (secondary N) is 1. The summed E-state index contributed by atoms with van der Waals surface area (Å²) >= 11 is 7.29. The van der Waals surface area contributed by atoms with Gasteiger partial charge in [-0.3, -0.25) is 4.79 Å². The molecule has 0 spiro atoms. The molecule has 24 heavy (non-hydrogen) atoms. The zero-order valence-electron chi connectivity index (χ0n) is 13.5. The van der Waals surface area contributed by atoms with Gasteiger partial charge in [0.1, 0.15) is 0 Å². The van der Waals surface area contributed by atoms with Crippen LogP contribution in [0.3, 0.4) is 0 Å². The van der Waals surface area contributed by atoms with Gasteiger partial charge in [0.25, 0.3) is 0 Å². The second-order valence-electron chi connectivity index (χ2n) is 5.68. The molecule has 0 amide bonds. The highest BCUT2D eigenvalue weighted by Crippen LogP contribution is 2.23. The molecular formula is C19H17ClN2OS. The number of carbonyl (C=O) groups excluding carboxylic acids is 1. The first-order chi connectivity index (χ1) is 11.5. The second kappa shape index (κ2) is 7.16. The molecule has 0 fully saturated rings. The Balaban J connectivity index is 1.86. The van der Waals surface area contributed by atoms with E-state index in [1.165, 1.54) is 11.3 Å². The molecule has 0 aliphatic rings. The molecule has 2 aromatic carbocycles. The highest BCUT2D eigenvalue weighted by molar-refractivity contribution is 7.15. The third-order valence-electron chi connectivity index (χ3n) is 3.63. The van der Waals surface area contributed by atoms with Crippen molar-refractivity contribution in [2.24, 2.45) is 0 Å². The van der Waals surface area contributed by atoms with Gasteiger partial charge in [-0.15, -0.1) is 11.3 Å². The van der Waals surface area contributed by atoms with Gasteiger partial charge in [0.2, 0.25) is 0 Å². The number of benzene rings is 2. The van der Waals surface area contributed by atoms with Gasteiger partial charge in [0.15, 0.2) is 10.3 Å². The molecule has 0 radical (unpaired) electrons. The lowest BCUT2D eigenvalue weighted by Crippen LogP contribution is -2.08. The number of halogens is 1. The molecule has 1 heterocycles. The Labute approximate surface area is 150 Å². The number of nitrogens with zero attached hydrogens (tertiary/aromatic N) is 1. The number of ketones is 1. The Morgan fingerprint density at radius 2 is 1.88 bits per heavy atom. The van der Waals surface area contributed by atoms with Crippen molar-refractivity contribution in [2.75, 3.05) is 5.32 Å². The smallest absolute Gasteiger partial charge is 0.195 e. The fourth-order valence-electron chi connectivity index (χ4n) is 2.64. The van der Waals surface area contributed by atoms with E-state index >= 15 is 0 Å². The maximum Gasteiger partial charge on any atom is 0.195 e. The molecular weight excluding hydrogens is 340 g/mol. The first-order valence-corrected chi connectivity index (χ1v) is 8.78. The molecule has 122 valence electrons. The quantitative estimate of drug-likeness (QED) is 0.634. The van der Waals surface area contributed by atoms with Crippen molar-refractivity contribution in [3.05, 3.63) is 80.3 Å². The van der Waals surface area contributed by atoms with Crippen LogP contribution < -0.4 is 5.32 Å². The number of carbonyl (C=O) groups is 1. The molecule has 1 aromatic heterocycles. The summed E-state index contributed by atoms with van der Waals surface area (Å²) in [5.74, 6) is 0.0206. The van der Waals surface area contributed by atoms with Crippen LogP contribution in [0.1, 0.15) is 31.9 Å². The average Bonchev–Trinajstić information content (AvgIpc) is 2.97. The Morgan fingerprint density at radius 3 is 2.54 bits per heavy atom. The summed E-state index contributed by atoms with van der Waals surface area (Å²) in [4.78, 5) is 18.0. The number of rotatable bonds is 5. The standard InChI is InChI=1S/C19H17ClN2OS/c1-12-7-13(2)9-14(8-12)18(23)16-5-3-4-6-17(16)21-10-15-11-22-19(20)24-15/h3-9,11,21H,10H2,1-2H3. The molecule has 0 aliphatic carbocycles. The van der Waals surface area contributed by atoms with Crippen molar-refractivity contribution < 1.29 is 4.79 Å². The molecule has 3 rings (SSSR count). The Hall–Kier alpha value is -2.17. The zero-order valence-corrected chi connectivity index (χ0v) is 15.0. The summed E-state index contributed by atoms with van der Waals surface area (Å²) in [6, 6.07) is 13.5. The average molecular weight is 357 g/mol. The third kappa shape index (κ3) is 3.83. The molecule has 5 heteroatoms. The van der Waals surface area contributed by atoms with Crippen LogP contribution in [0.15, 0.2) is 48.7 Å². The predicted octanol–water partition coefficient (Wildman–Crippen LogP) is 5.26. The van der Waals surface area contributed by atoms with Crippen LogP contribution in [-0.2, 0) is 6.54 Å². The molecule has 0 unspecified atom stereocenters. The minimum atomic E-state index is 0.0206. The fraction of sp³-hybridized carbons (Fsp3) is 0.158. The van der Waals surface area contributed by atoms with E-state index in [9.17, 15) is 4.79 Å². The van der Waals surface area contributed by atoms with E-state index in [0.717, 1.165) is 21.7 Å². The van der Waals surface area contributed by atoms with Crippen molar-refractivity contribution in [2.45, 2.75) is 20.4 Å². The van der Waals surface area contributed by atoms with Gasteiger partial charge in [-0.05, 0) is 38.1 Å². The molecule has 3 aromatic rings. The summed E-state index contributed by atoms with van der Waals surface area (Å²) < 4.78 is 0.520. The Kier molecular flexibility index (Phi) is 4.97. The van der Waals surface area contributed by atoms with Crippen molar-refractivity contribution >= 4 is 34.4 Å². The highest BCUT2D eigenvalue weighted by atomic mass is 35.5. The minimum Gasteiger partial charge on any atom is -0.379 e. The summed E-state index contributed by atoms with van der Waals surface area (Å²) in [5, 5.41) is 3.31. The van der Waals surface area contributed by atoms with Crippen molar-refractivity contribution in [1.29, 1.82) is 0 Å². The molecule has 0 bridgehead atoms. The Morgan fingerprint density at radius 1 is 1.17 bits per heavy atom. The Bertz CT molecular complexity index is 868. The van der Waals surface area contributed by atoms with Crippen LogP contribution in [0, 0.1) is 13.8 Å². The number of para-hydroxylation sites is 1. The van der Waals surface area contributed by atoms with Gasteiger partial charge >= 0.3 is 0 Å². The lowest BCUT2D eigenvalue weighted by molar-refractivity contribution is 0.103. The van der Waals surface area contributed by atoms with Crippen molar-refractivity contribution in [1.82, 2.24) is 4.98 Å². The number of hydrogen-bond donors (Lipinski definition) is 1. The monoisotopic (exact) mass is 356 g/mol. The first-order valence-electron chi connectivity index (χ1n) is 7.59. The van der Waals surface area contributed by atoms with Gasteiger partial charge in [-0.1, -0.05) is 40.9 Å². The summed E-state index contributed by atoms with van der Waals surface area (Å²) in [7, 11) is 0. The molecule has 0 saturated heterocycles. The van der Waals surface area contributed by atoms with Crippen LogP contribution in [0.5, 0.6) is 0 Å². The SMILES string of the molecule is Cc1cc(C)cc(C(=O)c2ccccc2NCc2cnc(Cl)s2)c1. The molecule has 0 atom stereocenters.